The topological polar surface area (TPSA) is 89.9 Å². The van der Waals surface area contributed by atoms with Crippen LogP contribution in [-0.2, 0) is 34.2 Å². The van der Waals surface area contributed by atoms with Gasteiger partial charge in [-0.25, -0.2) is 9.97 Å². The van der Waals surface area contributed by atoms with Gasteiger partial charge in [0.05, 0.1) is 33.9 Å². The van der Waals surface area contributed by atoms with E-state index in [1.54, 1.807) is 0 Å². The quantitative estimate of drug-likeness (QED) is 0.173. The molecule has 1 aliphatic heterocycles. The van der Waals surface area contributed by atoms with Crippen molar-refractivity contribution in [2.24, 2.45) is 0 Å². The fourth-order valence-corrected chi connectivity index (χ4v) is 11.2. The highest BCUT2D eigenvalue weighted by Crippen LogP contribution is 2.51. The molecule has 0 bridgehead atoms. The molecular weight excluding hydrogens is 629 g/mol. The molecule has 2 aromatic carbocycles. The van der Waals surface area contributed by atoms with Gasteiger partial charge in [-0.2, -0.15) is 0 Å². The van der Waals surface area contributed by atoms with E-state index in [-0.39, 0.29) is 33.6 Å². The van der Waals surface area contributed by atoms with E-state index in [0.717, 1.165) is 111 Å². The molecule has 5 aliphatic rings. The number of thioether (sulfide) groups is 1. The van der Waals surface area contributed by atoms with Gasteiger partial charge < -0.3 is 9.72 Å². The Labute approximate surface area is 292 Å². The van der Waals surface area contributed by atoms with Gasteiger partial charge in [0.25, 0.3) is 11.1 Å². The van der Waals surface area contributed by atoms with Crippen molar-refractivity contribution in [1.82, 2.24) is 19.5 Å². The van der Waals surface area contributed by atoms with Crippen molar-refractivity contribution in [2.45, 2.75) is 131 Å². The lowest BCUT2D eigenvalue weighted by Crippen LogP contribution is -2.44. The highest BCUT2D eigenvalue weighted by atomic mass is 32.2. The molecule has 8 heteroatoms. The first-order chi connectivity index (χ1) is 23.8. The third-order valence-corrected chi connectivity index (χ3v) is 13.4. The van der Waals surface area contributed by atoms with Crippen molar-refractivity contribution >= 4 is 11.8 Å². The molecule has 1 atom stereocenters. The van der Waals surface area contributed by atoms with E-state index < -0.39 is 0 Å². The molecule has 0 amide bonds. The first-order valence-corrected chi connectivity index (χ1v) is 19.5. The largest absolute Gasteiger partial charge is 0.375 e. The smallest absolute Gasteiger partial charge is 0.258 e. The van der Waals surface area contributed by atoms with E-state index in [0.29, 0.717) is 23.3 Å². The average Bonchev–Trinajstić information content (AvgIpc) is 3.55. The van der Waals surface area contributed by atoms with Gasteiger partial charge in [-0.05, 0) is 76.3 Å². The first kappa shape index (κ1) is 31.5. The monoisotopic (exact) mass is 674 g/mol. The number of aromatic amines is 1. The number of rotatable bonds is 4. The van der Waals surface area contributed by atoms with Gasteiger partial charge in [-0.1, -0.05) is 92.4 Å². The fourth-order valence-electron chi connectivity index (χ4n) is 10.3. The van der Waals surface area contributed by atoms with Gasteiger partial charge in [-0.3, -0.25) is 14.2 Å². The zero-order chi connectivity index (χ0) is 33.4. The van der Waals surface area contributed by atoms with E-state index >= 15 is 4.79 Å². The van der Waals surface area contributed by atoms with Crippen LogP contribution in [-0.4, -0.2) is 31.7 Å². The Morgan fingerprint density at radius 2 is 1.41 bits per heavy atom. The summed E-state index contributed by atoms with van der Waals surface area (Å²) in [5, 5.41) is 0.709. The number of ether oxygens (including phenoxy) is 1. The van der Waals surface area contributed by atoms with E-state index in [4.69, 9.17) is 14.7 Å². The Kier molecular flexibility index (Phi) is 7.58. The second-order valence-corrected chi connectivity index (χ2v) is 17.0. The summed E-state index contributed by atoms with van der Waals surface area (Å²) in [7, 11) is 0. The molecule has 4 aliphatic carbocycles. The van der Waals surface area contributed by atoms with E-state index in [2.05, 4.69) is 67.4 Å². The number of fused-ring (bicyclic) bond motifs is 8. The summed E-state index contributed by atoms with van der Waals surface area (Å²) >= 11 is 1.53. The maximum absolute atomic E-state index is 15.1. The number of hydrogen-bond donors (Lipinski definition) is 1. The van der Waals surface area contributed by atoms with E-state index in [9.17, 15) is 4.79 Å². The van der Waals surface area contributed by atoms with Crippen LogP contribution in [0.25, 0.3) is 22.5 Å². The molecule has 3 fully saturated rings. The van der Waals surface area contributed by atoms with Gasteiger partial charge in [0.2, 0.25) is 0 Å². The molecular formula is C41H46N4O3S. The number of H-pyrrole nitrogens is 1. The zero-order valence-electron chi connectivity index (χ0n) is 28.8. The lowest BCUT2D eigenvalue weighted by Gasteiger charge is -2.41. The van der Waals surface area contributed by atoms with Crippen LogP contribution in [0.15, 0.2) is 63.3 Å². The molecule has 7 nitrogen and oxygen atoms in total. The third-order valence-electron chi connectivity index (χ3n) is 12.5. The fraction of sp³-hybridized carbons (Fsp3) is 0.512. The third kappa shape index (κ3) is 5.19. The Bertz CT molecular complexity index is 2070. The normalized spacial score (nSPS) is 22.7. The van der Waals surface area contributed by atoms with Crippen molar-refractivity contribution < 1.29 is 4.74 Å². The molecule has 1 unspecified atom stereocenters. The van der Waals surface area contributed by atoms with Crippen molar-refractivity contribution in [3.8, 4) is 22.5 Å². The van der Waals surface area contributed by atoms with E-state index in [1.165, 1.54) is 29.3 Å². The van der Waals surface area contributed by atoms with Gasteiger partial charge in [0.1, 0.15) is 5.82 Å². The molecule has 1 N–H and O–H groups in total. The van der Waals surface area contributed by atoms with Crippen molar-refractivity contribution in [1.29, 1.82) is 0 Å². The van der Waals surface area contributed by atoms with Crippen molar-refractivity contribution in [3.05, 3.63) is 97.3 Å². The summed E-state index contributed by atoms with van der Waals surface area (Å²) in [6, 6.07) is 17.0. The van der Waals surface area contributed by atoms with Gasteiger partial charge >= 0.3 is 0 Å². The molecule has 1 saturated heterocycles. The predicted molar refractivity (Wildman–Crippen MR) is 194 cm³/mol. The molecule has 254 valence electrons. The highest BCUT2D eigenvalue weighted by Gasteiger charge is 2.46. The van der Waals surface area contributed by atoms with Crippen LogP contribution in [0.2, 0.25) is 0 Å². The number of nitrogens with zero attached hydrogens (tertiary/aromatic N) is 3. The van der Waals surface area contributed by atoms with Crippen LogP contribution in [0.1, 0.15) is 119 Å². The molecule has 4 aromatic rings. The summed E-state index contributed by atoms with van der Waals surface area (Å²) < 4.78 is 8.15. The minimum atomic E-state index is -0.328. The van der Waals surface area contributed by atoms with E-state index in [1.807, 2.05) is 4.57 Å². The maximum Gasteiger partial charge on any atom is 0.258 e. The van der Waals surface area contributed by atoms with Crippen LogP contribution in [0.4, 0.5) is 0 Å². The lowest BCUT2D eigenvalue weighted by molar-refractivity contribution is -0.0710. The van der Waals surface area contributed by atoms with Crippen LogP contribution >= 0.6 is 11.8 Å². The SMILES string of the molecule is CC1(C)CC(n2c(SCc3nc4c(c(=O)[nH]3)C3(CCCCC3)Cc3ccccc3-4)nc3c(c2=O)C2(CCCC2)Cc2ccccc2-3)CCO1. The zero-order valence-corrected chi connectivity index (χ0v) is 29.6. The Morgan fingerprint density at radius 3 is 2.06 bits per heavy atom. The summed E-state index contributed by atoms with van der Waals surface area (Å²) in [6.45, 7) is 4.85. The second kappa shape index (κ2) is 11.8. The van der Waals surface area contributed by atoms with Crippen LogP contribution in [0, 0.1) is 0 Å². The molecule has 2 spiro atoms. The molecule has 3 heterocycles. The Morgan fingerprint density at radius 1 is 0.816 bits per heavy atom. The Hall–Kier alpha value is -3.49. The molecule has 2 aromatic heterocycles. The second-order valence-electron chi connectivity index (χ2n) is 16.1. The summed E-state index contributed by atoms with van der Waals surface area (Å²) in [5.74, 6) is 1.05. The number of nitrogens with one attached hydrogen (secondary N) is 1. The van der Waals surface area contributed by atoms with Gasteiger partial charge in [0, 0.05) is 34.6 Å². The summed E-state index contributed by atoms with van der Waals surface area (Å²) in [6.07, 6.45) is 13.3. The first-order valence-electron chi connectivity index (χ1n) is 18.5. The van der Waals surface area contributed by atoms with Gasteiger partial charge in [0.15, 0.2) is 5.16 Å². The minimum Gasteiger partial charge on any atom is -0.375 e. The van der Waals surface area contributed by atoms with Crippen LogP contribution < -0.4 is 11.1 Å². The lowest BCUT2D eigenvalue weighted by atomic mass is 9.62. The molecule has 2 saturated carbocycles. The molecule has 49 heavy (non-hydrogen) atoms. The maximum atomic E-state index is 15.1. The summed E-state index contributed by atoms with van der Waals surface area (Å²) in [5.41, 5.74) is 7.75. The molecule has 9 rings (SSSR count). The summed E-state index contributed by atoms with van der Waals surface area (Å²) in [4.78, 5) is 43.1. The minimum absolute atomic E-state index is 0.00363. The molecule has 0 radical (unpaired) electrons. The standard InChI is InChI=1S/C41H46N4O3S/c1-39(2)24-28(16-21-48-39)45-37(47)33-35(30-15-7-5-13-27(30)23-41(33)19-10-11-20-41)44-38(45)49-25-31-42-34-29-14-6-4-12-26(29)22-40(17-8-3-9-18-40)32(34)36(46)43-31/h4-7,12-15,28H,3,8-11,16-25H2,1-2H3,(H,42,43,46). The number of aromatic nitrogens is 4. The number of hydrogen-bond acceptors (Lipinski definition) is 6. The number of benzene rings is 2. The van der Waals surface area contributed by atoms with Crippen LogP contribution in [0.5, 0.6) is 0 Å². The predicted octanol–water partition coefficient (Wildman–Crippen LogP) is 8.21. The Balaban J connectivity index is 1.17. The highest BCUT2D eigenvalue weighted by molar-refractivity contribution is 7.98. The van der Waals surface area contributed by atoms with Gasteiger partial charge in [-0.15, -0.1) is 0 Å². The van der Waals surface area contributed by atoms with Crippen molar-refractivity contribution in [2.75, 3.05) is 6.61 Å². The van der Waals surface area contributed by atoms with Crippen molar-refractivity contribution in [3.63, 3.8) is 0 Å². The van der Waals surface area contributed by atoms with Crippen LogP contribution in [0.3, 0.4) is 0 Å². The average molecular weight is 675 g/mol.